The number of carbonyl (C=O) groups is 3. The summed E-state index contributed by atoms with van der Waals surface area (Å²) in [6, 6.07) is 0. The lowest BCUT2D eigenvalue weighted by Crippen LogP contribution is -2.55. The molecule has 0 heterocycles. The van der Waals surface area contributed by atoms with E-state index in [1.54, 1.807) is 0 Å². The molecule has 0 radical (unpaired) electrons. The molecule has 0 aromatic heterocycles. The summed E-state index contributed by atoms with van der Waals surface area (Å²) in [6.45, 7) is 2.68. The number of carbonyl (C=O) groups excluding carboxylic acids is 3. The second-order valence-electron chi connectivity index (χ2n) is 13.9. The Morgan fingerprint density at radius 1 is 0.912 bits per heavy atom. The van der Waals surface area contributed by atoms with Crippen molar-refractivity contribution < 1.29 is 19.1 Å². The van der Waals surface area contributed by atoms with Crippen molar-refractivity contribution >= 4 is 17.5 Å². The summed E-state index contributed by atoms with van der Waals surface area (Å²) < 4.78 is 6.41. The molecule has 0 spiro atoms. The number of ketones is 2. The van der Waals surface area contributed by atoms with Crippen molar-refractivity contribution in [3.05, 3.63) is 11.6 Å². The van der Waals surface area contributed by atoms with Gasteiger partial charge in [-0.3, -0.25) is 14.4 Å². The standard InChI is InChI=1S/C30H40O4/c1-28-8-7-25-23(24(28)4-5-26(28)32)3-2-21-13-22(31)6-9-30(21,25)17-34-27(33)29-14-18-10-19(15-29)12-20(11-18)16-29/h13,18-20,23-25H,2-12,14-17H2,1H3/t18?,19?,20?,23-,24-,25-,28-,29?,30+/m0/s1. The first-order valence-corrected chi connectivity index (χ1v) is 14.3. The van der Waals surface area contributed by atoms with E-state index in [9.17, 15) is 14.4 Å². The summed E-state index contributed by atoms with van der Waals surface area (Å²) in [5.41, 5.74) is 0.707. The number of esters is 1. The molecule has 0 aromatic rings. The molecule has 4 bridgehead atoms. The smallest absolute Gasteiger partial charge is 0.312 e. The summed E-state index contributed by atoms with van der Waals surface area (Å²) in [4.78, 5) is 39.0. The minimum atomic E-state index is -0.225. The largest absolute Gasteiger partial charge is 0.464 e. The van der Waals surface area contributed by atoms with Crippen LogP contribution in [0.5, 0.6) is 0 Å². The van der Waals surface area contributed by atoms with Gasteiger partial charge in [0.05, 0.1) is 5.41 Å². The summed E-state index contributed by atoms with van der Waals surface area (Å²) in [6.07, 6.45) is 16.2. The van der Waals surface area contributed by atoms with E-state index < -0.39 is 0 Å². The zero-order valence-corrected chi connectivity index (χ0v) is 20.8. The molecule has 4 heteroatoms. The Hall–Kier alpha value is -1.45. The average molecular weight is 465 g/mol. The SMILES string of the molecule is C[C@]12CC[C@H]3[C@@H](CCC4=CC(=O)CC[C@@]43COC(=O)C34CC5CC(CC(C5)C3)C4)[C@@H]1CCC2=O. The zero-order chi connectivity index (χ0) is 23.3. The number of fused-ring (bicyclic) bond motifs is 5. The molecule has 8 rings (SSSR count). The maximum Gasteiger partial charge on any atom is 0.312 e. The molecule has 8 aliphatic rings. The van der Waals surface area contributed by atoms with Gasteiger partial charge in [-0.05, 0) is 119 Å². The van der Waals surface area contributed by atoms with Gasteiger partial charge in [0.1, 0.15) is 12.4 Å². The zero-order valence-electron chi connectivity index (χ0n) is 20.8. The van der Waals surface area contributed by atoms with Crippen LogP contribution in [0.1, 0.15) is 96.8 Å². The monoisotopic (exact) mass is 464 g/mol. The lowest BCUT2D eigenvalue weighted by atomic mass is 9.47. The predicted octanol–water partition coefficient (Wildman–Crippen LogP) is 5.83. The molecule has 4 nitrogen and oxygen atoms in total. The van der Waals surface area contributed by atoms with Crippen molar-refractivity contribution in [2.75, 3.05) is 6.61 Å². The number of ether oxygens (including phenoxy) is 1. The molecule has 0 aromatic carbocycles. The highest BCUT2D eigenvalue weighted by Gasteiger charge is 2.61. The maximum absolute atomic E-state index is 13.8. The van der Waals surface area contributed by atoms with Crippen LogP contribution >= 0.6 is 0 Å². The fourth-order valence-electron chi connectivity index (χ4n) is 11.1. The summed E-state index contributed by atoms with van der Waals surface area (Å²) in [7, 11) is 0. The highest BCUT2D eigenvalue weighted by atomic mass is 16.5. The highest BCUT2D eigenvalue weighted by Crippen LogP contribution is 2.65. The summed E-state index contributed by atoms with van der Waals surface area (Å²) in [5, 5.41) is 0. The lowest BCUT2D eigenvalue weighted by Gasteiger charge is -2.58. The summed E-state index contributed by atoms with van der Waals surface area (Å²) in [5.74, 6) is 4.41. The van der Waals surface area contributed by atoms with E-state index in [4.69, 9.17) is 4.74 Å². The minimum absolute atomic E-state index is 0.0797. The van der Waals surface area contributed by atoms with E-state index in [-0.39, 0.29) is 28.0 Å². The molecule has 34 heavy (non-hydrogen) atoms. The van der Waals surface area contributed by atoms with Gasteiger partial charge in [-0.1, -0.05) is 12.5 Å². The number of rotatable bonds is 3. The van der Waals surface area contributed by atoms with Crippen LogP contribution in [0.2, 0.25) is 0 Å². The molecule has 0 saturated heterocycles. The van der Waals surface area contributed by atoms with Crippen molar-refractivity contribution in [2.24, 2.45) is 51.8 Å². The molecule has 5 atom stereocenters. The topological polar surface area (TPSA) is 60.4 Å². The van der Waals surface area contributed by atoms with E-state index >= 15 is 0 Å². The molecule has 7 fully saturated rings. The van der Waals surface area contributed by atoms with Crippen LogP contribution in [-0.4, -0.2) is 24.1 Å². The van der Waals surface area contributed by atoms with Crippen molar-refractivity contribution in [3.8, 4) is 0 Å². The molecular formula is C30H40O4. The highest BCUT2D eigenvalue weighted by molar-refractivity contribution is 5.92. The molecule has 0 unspecified atom stereocenters. The van der Waals surface area contributed by atoms with Gasteiger partial charge in [-0.25, -0.2) is 0 Å². The second-order valence-corrected chi connectivity index (χ2v) is 13.9. The fraction of sp³-hybridized carbons (Fsp3) is 0.833. The van der Waals surface area contributed by atoms with Crippen molar-refractivity contribution in [1.82, 2.24) is 0 Å². The van der Waals surface area contributed by atoms with Crippen LogP contribution in [0.15, 0.2) is 11.6 Å². The van der Waals surface area contributed by atoms with E-state index in [1.165, 1.54) is 24.8 Å². The number of Topliss-reactive ketones (excluding diaryl/α,β-unsaturated/α-hetero) is 1. The van der Waals surface area contributed by atoms with Crippen LogP contribution in [-0.2, 0) is 19.1 Å². The van der Waals surface area contributed by atoms with Gasteiger partial charge in [0.25, 0.3) is 0 Å². The molecule has 0 N–H and O–H groups in total. The number of hydrogen-bond donors (Lipinski definition) is 0. The Kier molecular flexibility index (Phi) is 4.68. The molecule has 0 amide bonds. The second kappa shape index (κ2) is 7.29. The van der Waals surface area contributed by atoms with Crippen LogP contribution in [0.3, 0.4) is 0 Å². The average Bonchev–Trinajstić information content (AvgIpc) is 3.11. The van der Waals surface area contributed by atoms with Gasteiger partial charge in [0, 0.05) is 23.7 Å². The Balaban J connectivity index is 1.17. The molecular weight excluding hydrogens is 424 g/mol. The Labute approximate surface area is 203 Å². The van der Waals surface area contributed by atoms with E-state index in [0.29, 0.717) is 36.6 Å². The number of hydrogen-bond acceptors (Lipinski definition) is 4. The van der Waals surface area contributed by atoms with Crippen molar-refractivity contribution in [1.29, 1.82) is 0 Å². The fourth-order valence-corrected chi connectivity index (χ4v) is 11.1. The summed E-state index contributed by atoms with van der Waals surface area (Å²) >= 11 is 0. The molecule has 8 aliphatic carbocycles. The molecule has 184 valence electrons. The van der Waals surface area contributed by atoms with E-state index in [0.717, 1.165) is 82.0 Å². The first kappa shape index (κ1) is 21.8. The first-order chi connectivity index (χ1) is 16.3. The predicted molar refractivity (Wildman–Crippen MR) is 128 cm³/mol. The van der Waals surface area contributed by atoms with Gasteiger partial charge >= 0.3 is 5.97 Å². The Bertz CT molecular complexity index is 941. The third-order valence-corrected chi connectivity index (χ3v) is 12.3. The lowest BCUT2D eigenvalue weighted by molar-refractivity contribution is -0.178. The normalized spacial score (nSPS) is 50.9. The maximum atomic E-state index is 13.8. The van der Waals surface area contributed by atoms with Gasteiger partial charge < -0.3 is 4.74 Å². The van der Waals surface area contributed by atoms with E-state index in [1.807, 2.05) is 6.08 Å². The Morgan fingerprint density at radius 2 is 1.62 bits per heavy atom. The van der Waals surface area contributed by atoms with Crippen LogP contribution < -0.4 is 0 Å². The van der Waals surface area contributed by atoms with Crippen LogP contribution in [0.4, 0.5) is 0 Å². The van der Waals surface area contributed by atoms with Crippen molar-refractivity contribution in [3.63, 3.8) is 0 Å². The van der Waals surface area contributed by atoms with Gasteiger partial charge in [-0.15, -0.1) is 0 Å². The van der Waals surface area contributed by atoms with Gasteiger partial charge in [0.2, 0.25) is 0 Å². The minimum Gasteiger partial charge on any atom is -0.464 e. The molecule has 7 saturated carbocycles. The van der Waals surface area contributed by atoms with Gasteiger partial charge in [0.15, 0.2) is 5.78 Å². The van der Waals surface area contributed by atoms with Crippen LogP contribution in [0, 0.1) is 51.8 Å². The Morgan fingerprint density at radius 3 is 2.32 bits per heavy atom. The third kappa shape index (κ3) is 2.92. The van der Waals surface area contributed by atoms with E-state index in [2.05, 4.69) is 6.92 Å². The first-order valence-electron chi connectivity index (χ1n) is 14.3. The third-order valence-electron chi connectivity index (χ3n) is 12.3. The quantitative estimate of drug-likeness (QED) is 0.493. The van der Waals surface area contributed by atoms with Crippen molar-refractivity contribution in [2.45, 2.75) is 96.8 Å². The molecule has 0 aliphatic heterocycles. The van der Waals surface area contributed by atoms with Gasteiger partial charge in [-0.2, -0.15) is 0 Å². The van der Waals surface area contributed by atoms with Crippen LogP contribution in [0.25, 0.3) is 0 Å².